The molecule has 3 amide bonds. The topological polar surface area (TPSA) is 83.3 Å². The normalized spacial score (nSPS) is 23.4. The van der Waals surface area contributed by atoms with Gasteiger partial charge in [0.15, 0.2) is 5.54 Å². The lowest BCUT2D eigenvalue weighted by atomic mass is 9.83. The second-order valence-electron chi connectivity index (χ2n) is 8.00. The Labute approximate surface area is 176 Å². The van der Waals surface area contributed by atoms with Gasteiger partial charge in [0.05, 0.1) is 19.8 Å². The molecular formula is C23H28N3O4+. The molecule has 2 atom stereocenters. The summed E-state index contributed by atoms with van der Waals surface area (Å²) in [5.41, 5.74) is 0.517. The first kappa shape index (κ1) is 20.5. The molecule has 0 unspecified atom stereocenters. The van der Waals surface area contributed by atoms with E-state index in [2.05, 4.69) is 5.32 Å². The zero-order chi connectivity index (χ0) is 21.0. The number of quaternary nitrogens is 1. The quantitative estimate of drug-likeness (QED) is 0.559. The van der Waals surface area contributed by atoms with Crippen molar-refractivity contribution in [2.24, 2.45) is 0 Å². The second kappa shape index (κ2) is 8.95. The molecule has 2 saturated heterocycles. The number of β-amino-alcohol motifs (C(OH)–C–C–N with tert-alkyl or cyclic N) is 1. The number of aliphatic hydroxyl groups is 1. The average molecular weight is 410 g/mol. The molecule has 0 bridgehead atoms. The maximum Gasteiger partial charge on any atom is 0.325 e. The van der Waals surface area contributed by atoms with E-state index in [-0.39, 0.29) is 12.5 Å². The van der Waals surface area contributed by atoms with E-state index in [1.807, 2.05) is 60.7 Å². The van der Waals surface area contributed by atoms with Crippen LogP contribution < -0.4 is 10.2 Å². The number of morpholine rings is 1. The first-order chi connectivity index (χ1) is 14.6. The minimum atomic E-state index is -1.18. The van der Waals surface area contributed by atoms with Crippen LogP contribution in [0.1, 0.15) is 11.1 Å². The molecule has 2 fully saturated rings. The first-order valence-electron chi connectivity index (χ1n) is 10.4. The molecule has 2 heterocycles. The van der Waals surface area contributed by atoms with Crippen LogP contribution in [-0.4, -0.2) is 67.4 Å². The Bertz CT molecular complexity index is 871. The van der Waals surface area contributed by atoms with Crippen molar-refractivity contribution in [3.8, 4) is 0 Å². The van der Waals surface area contributed by atoms with Crippen LogP contribution in [0.4, 0.5) is 4.79 Å². The van der Waals surface area contributed by atoms with Crippen molar-refractivity contribution in [1.82, 2.24) is 10.2 Å². The summed E-state index contributed by atoms with van der Waals surface area (Å²) in [7, 11) is 0. The number of ether oxygens (including phenoxy) is 1. The number of aliphatic hydroxyl groups excluding tert-OH is 1. The standard InChI is InChI=1S/C23H27N3O4/c27-20(16-25-11-13-30-14-12-25)17-26-21(28)23(24-22(26)29,19-9-5-2-6-10-19)15-18-7-3-1-4-8-18/h1-10,20,27H,11-17H2,(H,24,29)/p+1/t20-,23-/m1/s1. The van der Waals surface area contributed by atoms with Crippen LogP contribution >= 0.6 is 0 Å². The Balaban J connectivity index is 1.56. The molecule has 0 radical (unpaired) electrons. The van der Waals surface area contributed by atoms with Crippen LogP contribution in [0, 0.1) is 0 Å². The van der Waals surface area contributed by atoms with E-state index < -0.39 is 17.7 Å². The van der Waals surface area contributed by atoms with Crippen molar-refractivity contribution in [3.63, 3.8) is 0 Å². The summed E-state index contributed by atoms with van der Waals surface area (Å²) in [4.78, 5) is 28.8. The highest BCUT2D eigenvalue weighted by Gasteiger charge is 2.52. The molecular weight excluding hydrogens is 382 g/mol. The van der Waals surface area contributed by atoms with Crippen molar-refractivity contribution < 1.29 is 24.3 Å². The summed E-state index contributed by atoms with van der Waals surface area (Å²) in [5.74, 6) is -0.321. The van der Waals surface area contributed by atoms with Crippen molar-refractivity contribution in [2.45, 2.75) is 18.1 Å². The highest BCUT2D eigenvalue weighted by molar-refractivity contribution is 6.07. The molecule has 158 valence electrons. The Morgan fingerprint density at radius 2 is 1.67 bits per heavy atom. The van der Waals surface area contributed by atoms with Gasteiger partial charge < -0.3 is 20.1 Å². The van der Waals surface area contributed by atoms with Gasteiger partial charge in [-0.3, -0.25) is 9.69 Å². The van der Waals surface area contributed by atoms with E-state index in [1.54, 1.807) is 0 Å². The van der Waals surface area contributed by atoms with Crippen LogP contribution in [-0.2, 0) is 21.5 Å². The molecule has 0 saturated carbocycles. The molecule has 4 rings (SSSR count). The summed E-state index contributed by atoms with van der Waals surface area (Å²) >= 11 is 0. The number of hydrogen-bond acceptors (Lipinski definition) is 4. The number of nitrogens with one attached hydrogen (secondary N) is 2. The summed E-state index contributed by atoms with van der Waals surface area (Å²) < 4.78 is 5.35. The summed E-state index contributed by atoms with van der Waals surface area (Å²) in [5, 5.41) is 13.5. The van der Waals surface area contributed by atoms with E-state index in [0.717, 1.165) is 24.2 Å². The zero-order valence-electron chi connectivity index (χ0n) is 16.9. The molecule has 30 heavy (non-hydrogen) atoms. The number of carbonyl (C=O) groups is 2. The monoisotopic (exact) mass is 410 g/mol. The molecule has 2 aliphatic rings. The molecule has 2 aromatic rings. The minimum Gasteiger partial charge on any atom is -0.385 e. The second-order valence-corrected chi connectivity index (χ2v) is 8.00. The van der Waals surface area contributed by atoms with Crippen LogP contribution in [0.15, 0.2) is 60.7 Å². The lowest BCUT2D eigenvalue weighted by Crippen LogP contribution is -3.15. The predicted molar refractivity (Wildman–Crippen MR) is 111 cm³/mol. The molecule has 7 nitrogen and oxygen atoms in total. The summed E-state index contributed by atoms with van der Waals surface area (Å²) in [6, 6.07) is 18.5. The fourth-order valence-corrected chi connectivity index (χ4v) is 4.31. The van der Waals surface area contributed by atoms with Gasteiger partial charge in [0.25, 0.3) is 5.91 Å². The summed E-state index contributed by atoms with van der Waals surface area (Å²) in [6.07, 6.45) is -0.430. The van der Waals surface area contributed by atoms with Gasteiger partial charge in [-0.15, -0.1) is 0 Å². The molecule has 0 spiro atoms. The van der Waals surface area contributed by atoms with Gasteiger partial charge in [0.1, 0.15) is 25.7 Å². The predicted octanol–water partition coefficient (Wildman–Crippen LogP) is -0.0476. The molecule has 0 aliphatic carbocycles. The van der Waals surface area contributed by atoms with Crippen molar-refractivity contribution in [3.05, 3.63) is 71.8 Å². The average Bonchev–Trinajstić information content (AvgIpc) is 3.01. The fourth-order valence-electron chi connectivity index (χ4n) is 4.31. The van der Waals surface area contributed by atoms with E-state index in [4.69, 9.17) is 4.74 Å². The van der Waals surface area contributed by atoms with Crippen LogP contribution in [0.5, 0.6) is 0 Å². The van der Waals surface area contributed by atoms with Crippen molar-refractivity contribution in [2.75, 3.05) is 39.4 Å². The van der Waals surface area contributed by atoms with E-state index in [0.29, 0.717) is 26.2 Å². The van der Waals surface area contributed by atoms with Gasteiger partial charge in [-0.2, -0.15) is 0 Å². The maximum atomic E-state index is 13.6. The highest BCUT2D eigenvalue weighted by Crippen LogP contribution is 2.33. The molecule has 2 aliphatic heterocycles. The molecule has 0 aromatic heterocycles. The highest BCUT2D eigenvalue weighted by atomic mass is 16.5. The van der Waals surface area contributed by atoms with Crippen LogP contribution in [0.2, 0.25) is 0 Å². The molecule has 7 heteroatoms. The molecule has 2 aromatic carbocycles. The number of nitrogens with zero attached hydrogens (tertiary/aromatic N) is 1. The van der Waals surface area contributed by atoms with Gasteiger partial charge in [-0.1, -0.05) is 60.7 Å². The van der Waals surface area contributed by atoms with Crippen molar-refractivity contribution in [1.29, 1.82) is 0 Å². The Morgan fingerprint density at radius 3 is 2.33 bits per heavy atom. The van der Waals surface area contributed by atoms with E-state index in [1.165, 1.54) is 9.80 Å². The smallest absolute Gasteiger partial charge is 0.325 e. The largest absolute Gasteiger partial charge is 0.385 e. The third kappa shape index (κ3) is 4.23. The number of hydrogen-bond donors (Lipinski definition) is 3. The maximum absolute atomic E-state index is 13.6. The van der Waals surface area contributed by atoms with E-state index in [9.17, 15) is 14.7 Å². The third-order valence-electron chi connectivity index (χ3n) is 5.87. The van der Waals surface area contributed by atoms with Gasteiger partial charge in [0, 0.05) is 6.42 Å². The molecule has 3 N–H and O–H groups in total. The Kier molecular flexibility index (Phi) is 6.13. The lowest BCUT2D eigenvalue weighted by molar-refractivity contribution is -0.910. The summed E-state index contributed by atoms with van der Waals surface area (Å²) in [6.45, 7) is 3.44. The number of benzene rings is 2. The Hall–Kier alpha value is -2.74. The third-order valence-corrected chi connectivity index (χ3v) is 5.87. The SMILES string of the molecule is O=C1N[C@](Cc2ccccc2)(c2ccccc2)C(=O)N1C[C@H](O)C[NH+]1CCOCC1. The fraction of sp³-hybridized carbons (Fsp3) is 0.391. The number of urea groups is 1. The van der Waals surface area contributed by atoms with Crippen LogP contribution in [0.25, 0.3) is 0 Å². The number of rotatable bonds is 7. The zero-order valence-corrected chi connectivity index (χ0v) is 16.9. The van der Waals surface area contributed by atoms with Gasteiger partial charge in [-0.25, -0.2) is 4.79 Å². The van der Waals surface area contributed by atoms with E-state index >= 15 is 0 Å². The number of carbonyl (C=O) groups excluding carboxylic acids is 2. The number of amides is 3. The van der Waals surface area contributed by atoms with Gasteiger partial charge in [-0.05, 0) is 11.1 Å². The number of imide groups is 1. The Morgan fingerprint density at radius 1 is 1.03 bits per heavy atom. The lowest BCUT2D eigenvalue weighted by Gasteiger charge is -2.29. The van der Waals surface area contributed by atoms with Crippen LogP contribution in [0.3, 0.4) is 0 Å². The van der Waals surface area contributed by atoms with Crippen molar-refractivity contribution >= 4 is 11.9 Å². The minimum absolute atomic E-state index is 0.0155. The van der Waals surface area contributed by atoms with Gasteiger partial charge in [0.2, 0.25) is 0 Å². The first-order valence-corrected chi connectivity index (χ1v) is 10.4. The van der Waals surface area contributed by atoms with Gasteiger partial charge >= 0.3 is 6.03 Å².